The predicted molar refractivity (Wildman–Crippen MR) is 96.6 cm³/mol. The number of carbonyl (C=O) groups excluding carboxylic acids is 1. The summed E-state index contributed by atoms with van der Waals surface area (Å²) in [6, 6.07) is 5.58. The molecule has 0 aromatic carbocycles. The molecule has 144 valence electrons. The van der Waals surface area contributed by atoms with Crippen molar-refractivity contribution in [1.82, 2.24) is 20.0 Å². The number of amides is 1. The summed E-state index contributed by atoms with van der Waals surface area (Å²) in [5.74, 6) is -0.0908. The quantitative estimate of drug-likeness (QED) is 0.830. The van der Waals surface area contributed by atoms with Gasteiger partial charge in [-0.1, -0.05) is 0 Å². The first kappa shape index (κ1) is 17.8. The molecule has 2 saturated heterocycles. The summed E-state index contributed by atoms with van der Waals surface area (Å²) in [5.41, 5.74) is 0.797. The molecule has 2 aliphatic rings. The van der Waals surface area contributed by atoms with Crippen LogP contribution in [0.5, 0.6) is 0 Å². The van der Waals surface area contributed by atoms with Gasteiger partial charge >= 0.3 is 5.97 Å². The van der Waals surface area contributed by atoms with E-state index >= 15 is 0 Å². The summed E-state index contributed by atoms with van der Waals surface area (Å²) < 4.78 is 5.87. The van der Waals surface area contributed by atoms with E-state index in [9.17, 15) is 14.7 Å². The van der Waals surface area contributed by atoms with Gasteiger partial charge in [-0.3, -0.25) is 19.6 Å². The summed E-state index contributed by atoms with van der Waals surface area (Å²) in [7, 11) is 0. The van der Waals surface area contributed by atoms with E-state index in [4.69, 9.17) is 4.42 Å². The van der Waals surface area contributed by atoms with Crippen molar-refractivity contribution < 1.29 is 19.1 Å². The maximum Gasteiger partial charge on any atom is 0.307 e. The first-order valence-electron chi connectivity index (χ1n) is 9.42. The molecule has 0 radical (unpaired) electrons. The fourth-order valence-corrected chi connectivity index (χ4v) is 4.09. The molecule has 4 rings (SSSR count). The van der Waals surface area contributed by atoms with E-state index in [-0.39, 0.29) is 11.8 Å². The smallest absolute Gasteiger partial charge is 0.307 e. The van der Waals surface area contributed by atoms with Crippen LogP contribution in [0.3, 0.4) is 0 Å². The summed E-state index contributed by atoms with van der Waals surface area (Å²) in [6.07, 6.45) is 4.15. The standard InChI is InChI=1S/C19H24N4O4/c24-18(23-7-1-2-8-23)13-9-14(19(25)26)11-22(10-13)12-15-3-4-17(27-15)16-5-6-20-21-16/h3-6,13-14H,1-2,7-12H2,(H,20,21)(H,25,26)/t13-,14-/m0/s1. The number of furan rings is 1. The molecule has 8 heteroatoms. The maximum absolute atomic E-state index is 12.8. The van der Waals surface area contributed by atoms with Crippen molar-refractivity contribution >= 4 is 11.9 Å². The van der Waals surface area contributed by atoms with Crippen molar-refractivity contribution in [2.45, 2.75) is 25.8 Å². The van der Waals surface area contributed by atoms with Gasteiger partial charge in [0.2, 0.25) is 5.91 Å². The lowest BCUT2D eigenvalue weighted by Crippen LogP contribution is -2.48. The number of hydrogen-bond acceptors (Lipinski definition) is 5. The van der Waals surface area contributed by atoms with Crippen LogP contribution < -0.4 is 0 Å². The molecule has 2 fully saturated rings. The minimum absolute atomic E-state index is 0.0982. The van der Waals surface area contributed by atoms with Gasteiger partial charge in [0.05, 0.1) is 18.4 Å². The van der Waals surface area contributed by atoms with Crippen LogP contribution >= 0.6 is 0 Å². The molecule has 0 saturated carbocycles. The molecule has 0 bridgehead atoms. The SMILES string of the molecule is O=C(O)[C@H]1C[C@H](C(=O)N2CCCC2)CN(Cc2ccc(-c3ccn[nH]3)o2)C1. The van der Waals surface area contributed by atoms with Crippen LogP contribution in [0.1, 0.15) is 25.0 Å². The van der Waals surface area contributed by atoms with E-state index in [0.29, 0.717) is 31.8 Å². The van der Waals surface area contributed by atoms with Gasteiger partial charge in [-0.25, -0.2) is 0 Å². The van der Waals surface area contributed by atoms with Crippen molar-refractivity contribution in [2.75, 3.05) is 26.2 Å². The normalized spacial score (nSPS) is 23.6. The molecule has 0 aliphatic carbocycles. The molecule has 27 heavy (non-hydrogen) atoms. The number of piperidine rings is 1. The van der Waals surface area contributed by atoms with Crippen LogP contribution in [0, 0.1) is 11.8 Å². The number of nitrogens with one attached hydrogen (secondary N) is 1. The highest BCUT2D eigenvalue weighted by molar-refractivity contribution is 5.81. The third kappa shape index (κ3) is 3.90. The van der Waals surface area contributed by atoms with Crippen molar-refractivity contribution in [2.24, 2.45) is 11.8 Å². The van der Waals surface area contributed by atoms with Crippen molar-refractivity contribution in [1.29, 1.82) is 0 Å². The Hall–Kier alpha value is -2.61. The van der Waals surface area contributed by atoms with E-state index in [0.717, 1.165) is 37.4 Å². The number of carboxylic acid groups (broad SMARTS) is 1. The molecule has 2 N–H and O–H groups in total. The summed E-state index contributed by atoms with van der Waals surface area (Å²) >= 11 is 0. The Morgan fingerprint density at radius 3 is 2.67 bits per heavy atom. The number of carboxylic acids is 1. The number of nitrogens with zero attached hydrogens (tertiary/aromatic N) is 3. The van der Waals surface area contributed by atoms with Gasteiger partial charge in [-0.15, -0.1) is 0 Å². The van der Waals surface area contributed by atoms with Crippen LogP contribution in [0.2, 0.25) is 0 Å². The highest BCUT2D eigenvalue weighted by Crippen LogP contribution is 2.28. The van der Waals surface area contributed by atoms with Gasteiger partial charge in [0.1, 0.15) is 11.5 Å². The molecule has 2 aromatic heterocycles. The number of aromatic nitrogens is 2. The van der Waals surface area contributed by atoms with E-state index in [1.165, 1.54) is 0 Å². The highest BCUT2D eigenvalue weighted by atomic mass is 16.4. The Labute approximate surface area is 157 Å². The fourth-order valence-electron chi connectivity index (χ4n) is 4.09. The molecule has 2 aromatic rings. The molecule has 8 nitrogen and oxygen atoms in total. The minimum atomic E-state index is -0.837. The summed E-state index contributed by atoms with van der Waals surface area (Å²) in [6.45, 7) is 3.07. The van der Waals surface area contributed by atoms with Gasteiger partial charge in [0.15, 0.2) is 5.76 Å². The number of aromatic amines is 1. The monoisotopic (exact) mass is 372 g/mol. The summed E-state index contributed by atoms with van der Waals surface area (Å²) in [5, 5.41) is 16.3. The molecule has 1 amide bonds. The van der Waals surface area contributed by atoms with Crippen molar-refractivity contribution in [3.05, 3.63) is 30.2 Å². The second-order valence-corrected chi connectivity index (χ2v) is 7.43. The average Bonchev–Trinajstić information content (AvgIpc) is 3.41. The van der Waals surface area contributed by atoms with Gasteiger partial charge < -0.3 is 14.4 Å². The van der Waals surface area contributed by atoms with Gasteiger partial charge in [0, 0.05) is 32.4 Å². The Balaban J connectivity index is 1.46. The number of hydrogen-bond donors (Lipinski definition) is 2. The molecular formula is C19H24N4O4. The van der Waals surface area contributed by atoms with Gasteiger partial charge in [-0.05, 0) is 37.5 Å². The van der Waals surface area contributed by atoms with E-state index < -0.39 is 11.9 Å². The molecule has 0 spiro atoms. The van der Waals surface area contributed by atoms with Crippen molar-refractivity contribution in [3.8, 4) is 11.5 Å². The van der Waals surface area contributed by atoms with Crippen molar-refractivity contribution in [3.63, 3.8) is 0 Å². The lowest BCUT2D eigenvalue weighted by molar-refractivity contribution is -0.147. The molecule has 0 unspecified atom stereocenters. The Kier molecular flexibility index (Phi) is 4.98. The molecule has 2 atom stereocenters. The zero-order valence-electron chi connectivity index (χ0n) is 15.1. The Bertz CT molecular complexity index is 795. The largest absolute Gasteiger partial charge is 0.481 e. The van der Waals surface area contributed by atoms with Crippen LogP contribution in [0.4, 0.5) is 0 Å². The molecule has 2 aliphatic heterocycles. The van der Waals surface area contributed by atoms with Crippen LogP contribution in [0.25, 0.3) is 11.5 Å². The predicted octanol–water partition coefficient (Wildman–Crippen LogP) is 1.81. The van der Waals surface area contributed by atoms with E-state index in [2.05, 4.69) is 10.2 Å². The Morgan fingerprint density at radius 2 is 1.96 bits per heavy atom. The minimum Gasteiger partial charge on any atom is -0.481 e. The summed E-state index contributed by atoms with van der Waals surface area (Å²) in [4.78, 5) is 28.3. The highest BCUT2D eigenvalue weighted by Gasteiger charge is 2.37. The first-order chi connectivity index (χ1) is 13.1. The zero-order valence-corrected chi connectivity index (χ0v) is 15.1. The van der Waals surface area contributed by atoms with Crippen LogP contribution in [-0.4, -0.2) is 63.2 Å². The molecule has 4 heterocycles. The van der Waals surface area contributed by atoms with Crippen LogP contribution in [-0.2, 0) is 16.1 Å². The second kappa shape index (κ2) is 7.56. The molecular weight excluding hydrogens is 348 g/mol. The van der Waals surface area contributed by atoms with Gasteiger partial charge in [-0.2, -0.15) is 5.10 Å². The fraction of sp³-hybridized carbons (Fsp3) is 0.526. The number of likely N-dealkylation sites (tertiary alicyclic amines) is 2. The third-order valence-corrected chi connectivity index (χ3v) is 5.45. The van der Waals surface area contributed by atoms with Crippen LogP contribution in [0.15, 0.2) is 28.8 Å². The topological polar surface area (TPSA) is 103 Å². The number of H-pyrrole nitrogens is 1. The maximum atomic E-state index is 12.8. The average molecular weight is 372 g/mol. The van der Waals surface area contributed by atoms with Gasteiger partial charge in [0.25, 0.3) is 0 Å². The zero-order chi connectivity index (χ0) is 18.8. The second-order valence-electron chi connectivity index (χ2n) is 7.43. The number of aliphatic carboxylic acids is 1. The first-order valence-corrected chi connectivity index (χ1v) is 9.42. The van der Waals surface area contributed by atoms with E-state index in [1.807, 2.05) is 28.0 Å². The third-order valence-electron chi connectivity index (χ3n) is 5.45. The number of carbonyl (C=O) groups is 2. The lowest BCUT2D eigenvalue weighted by Gasteiger charge is -2.36. The Morgan fingerprint density at radius 1 is 1.19 bits per heavy atom. The lowest BCUT2D eigenvalue weighted by atomic mass is 9.88. The van der Waals surface area contributed by atoms with E-state index in [1.54, 1.807) is 6.20 Å². The number of rotatable bonds is 5.